The molecule has 0 aliphatic rings. The van der Waals surface area contributed by atoms with E-state index in [2.05, 4.69) is 103 Å². The molecule has 1 aromatic rings. The number of aliphatic carboxylic acids is 1. The molecule has 0 saturated carbocycles. The Balaban J connectivity index is 3.11. The van der Waals surface area contributed by atoms with Crippen molar-refractivity contribution in [3.8, 4) is 0 Å². The topological polar surface area (TPSA) is 94.1 Å². The van der Waals surface area contributed by atoms with Crippen LogP contribution in [0, 0.1) is 11.8 Å². The van der Waals surface area contributed by atoms with Crippen LogP contribution < -0.4 is 5.32 Å². The van der Waals surface area contributed by atoms with E-state index < -0.39 is 22.4 Å². The van der Waals surface area contributed by atoms with E-state index in [0.717, 1.165) is 11.1 Å². The molecule has 2 unspecified atom stereocenters. The van der Waals surface area contributed by atoms with E-state index in [1.165, 1.54) is 0 Å². The number of allylic oxidation sites excluding steroid dienone is 2. The Morgan fingerprint density at radius 3 is 2.09 bits per heavy atom. The van der Waals surface area contributed by atoms with Crippen molar-refractivity contribution in [1.82, 2.24) is 5.32 Å². The molecule has 260 valence electrons. The van der Waals surface area contributed by atoms with Crippen LogP contribution in [-0.2, 0) is 23.5 Å². The first kappa shape index (κ1) is 41.7. The highest BCUT2D eigenvalue weighted by Crippen LogP contribution is 2.39. The van der Waals surface area contributed by atoms with E-state index in [9.17, 15) is 14.7 Å². The maximum atomic E-state index is 13.4. The standard InChI is InChI=1S/C37H63NO6Si2/c1-27(22-23-28(2)35(43-8)29(3)31(42-7)25-24-30-18-15-14-16-19-30)26-33(39)38-36(45(9,10)11)32(20-17-21-34(40)41)44-46(12,13)37(4,5)6/h14-16,18-19,22-26,28-29,31-32,35-36H,17,20-21H2,1-13H3,(H,38,39)(H,40,41)/b23-22+,25-24+,27-26+/t28-,29+,31-,32?,35-,36?/m0/s1. The first-order valence-electron chi connectivity index (χ1n) is 16.6. The SMILES string of the molecule is CO[C@H]([C@H](C)[C@H](/C=C/c1ccccc1)OC)[C@@H](C)/C=C/C(C)=C/C(=O)NC(C(CCCC(=O)O)O[Si](C)(C)C(C)(C)C)[Si](C)(C)C. The molecule has 0 aliphatic carbocycles. The fourth-order valence-corrected chi connectivity index (χ4v) is 8.79. The molecule has 0 radical (unpaired) electrons. The minimum atomic E-state index is -2.18. The van der Waals surface area contributed by atoms with Gasteiger partial charge in [-0.15, -0.1) is 0 Å². The molecular weight excluding hydrogens is 611 g/mol. The van der Waals surface area contributed by atoms with E-state index in [1.54, 1.807) is 20.3 Å². The second-order valence-corrected chi connectivity index (χ2v) is 25.3. The number of carboxylic acid groups (broad SMARTS) is 1. The monoisotopic (exact) mass is 673 g/mol. The second-order valence-electron chi connectivity index (χ2n) is 15.2. The first-order valence-corrected chi connectivity index (χ1v) is 23.1. The Labute approximate surface area is 282 Å². The summed E-state index contributed by atoms with van der Waals surface area (Å²) in [5.74, 6) is -0.823. The molecule has 0 aromatic heterocycles. The summed E-state index contributed by atoms with van der Waals surface area (Å²) in [7, 11) is -0.710. The Kier molecular flexibility index (Phi) is 17.1. The number of hydrogen-bond donors (Lipinski definition) is 2. The lowest BCUT2D eigenvalue weighted by atomic mass is 9.88. The summed E-state index contributed by atoms with van der Waals surface area (Å²) in [6, 6.07) is 10.2. The number of carboxylic acids is 1. The van der Waals surface area contributed by atoms with E-state index in [-0.39, 0.29) is 53.2 Å². The zero-order valence-electron chi connectivity index (χ0n) is 30.8. The van der Waals surface area contributed by atoms with Crippen LogP contribution in [0.2, 0.25) is 37.8 Å². The summed E-state index contributed by atoms with van der Waals surface area (Å²) in [6.07, 6.45) is 10.6. The fourth-order valence-electron chi connectivity index (χ4n) is 5.37. The van der Waals surface area contributed by atoms with Crippen LogP contribution in [0.3, 0.4) is 0 Å². The molecule has 0 heterocycles. The van der Waals surface area contributed by atoms with Gasteiger partial charge in [-0.25, -0.2) is 0 Å². The molecule has 7 nitrogen and oxygen atoms in total. The maximum Gasteiger partial charge on any atom is 0.303 e. The summed E-state index contributed by atoms with van der Waals surface area (Å²) >= 11 is 0. The van der Waals surface area contributed by atoms with Crippen LogP contribution in [0.15, 0.2) is 60.2 Å². The lowest BCUT2D eigenvalue weighted by Crippen LogP contribution is -2.60. The van der Waals surface area contributed by atoms with Gasteiger partial charge >= 0.3 is 5.97 Å². The van der Waals surface area contributed by atoms with Gasteiger partial charge in [0.15, 0.2) is 8.32 Å². The minimum absolute atomic E-state index is 0.0109. The van der Waals surface area contributed by atoms with Gasteiger partial charge in [-0.2, -0.15) is 0 Å². The van der Waals surface area contributed by atoms with Gasteiger partial charge in [-0.05, 0) is 49.0 Å². The third kappa shape index (κ3) is 14.2. The third-order valence-electron chi connectivity index (χ3n) is 9.13. The van der Waals surface area contributed by atoms with Crippen molar-refractivity contribution >= 4 is 34.3 Å². The molecule has 1 amide bonds. The van der Waals surface area contributed by atoms with Crippen molar-refractivity contribution in [1.29, 1.82) is 0 Å². The van der Waals surface area contributed by atoms with Crippen molar-refractivity contribution in [2.24, 2.45) is 11.8 Å². The highest BCUT2D eigenvalue weighted by Gasteiger charge is 2.43. The number of rotatable bonds is 19. The van der Waals surface area contributed by atoms with Gasteiger partial charge < -0.3 is 24.3 Å². The quantitative estimate of drug-likeness (QED) is 0.0869. The van der Waals surface area contributed by atoms with Crippen molar-refractivity contribution < 1.29 is 28.6 Å². The highest BCUT2D eigenvalue weighted by atomic mass is 28.4. The van der Waals surface area contributed by atoms with Crippen LogP contribution in [0.25, 0.3) is 6.08 Å². The van der Waals surface area contributed by atoms with Crippen molar-refractivity contribution in [3.63, 3.8) is 0 Å². The Morgan fingerprint density at radius 1 is 0.978 bits per heavy atom. The Bertz CT molecular complexity index is 1170. The van der Waals surface area contributed by atoms with E-state index in [1.807, 2.05) is 31.2 Å². The summed E-state index contributed by atoms with van der Waals surface area (Å²) in [5, 5.41) is 12.6. The van der Waals surface area contributed by atoms with Gasteiger partial charge in [0.25, 0.3) is 0 Å². The molecule has 6 atom stereocenters. The van der Waals surface area contributed by atoms with Crippen LogP contribution in [0.1, 0.15) is 66.4 Å². The van der Waals surface area contributed by atoms with Crippen LogP contribution >= 0.6 is 0 Å². The molecule has 1 rings (SSSR count). The number of ether oxygens (including phenoxy) is 2. The van der Waals surface area contributed by atoms with Gasteiger partial charge in [-0.1, -0.05) is 109 Å². The molecule has 0 aliphatic heterocycles. The van der Waals surface area contributed by atoms with Crippen LogP contribution in [0.4, 0.5) is 0 Å². The number of carbonyl (C=O) groups is 2. The number of hydrogen-bond acceptors (Lipinski definition) is 5. The van der Waals surface area contributed by atoms with Gasteiger partial charge in [0.05, 0.1) is 26.4 Å². The number of amides is 1. The van der Waals surface area contributed by atoms with Crippen LogP contribution in [0.5, 0.6) is 0 Å². The highest BCUT2D eigenvalue weighted by molar-refractivity contribution is 6.78. The molecule has 1 aromatic carbocycles. The van der Waals surface area contributed by atoms with E-state index >= 15 is 0 Å². The summed E-state index contributed by atoms with van der Waals surface area (Å²) in [6.45, 7) is 23.8. The van der Waals surface area contributed by atoms with E-state index in [4.69, 9.17) is 13.9 Å². The van der Waals surface area contributed by atoms with Crippen LogP contribution in [-0.4, -0.2) is 71.6 Å². The third-order valence-corrected chi connectivity index (χ3v) is 16.0. The summed E-state index contributed by atoms with van der Waals surface area (Å²) in [4.78, 5) is 24.7. The van der Waals surface area contributed by atoms with Crippen molar-refractivity contribution in [2.75, 3.05) is 14.2 Å². The largest absolute Gasteiger partial charge is 0.481 e. The fraction of sp³-hybridized carbons (Fsp3) is 0.622. The molecule has 46 heavy (non-hydrogen) atoms. The van der Waals surface area contributed by atoms with Gasteiger partial charge in [-0.3, -0.25) is 9.59 Å². The Hall–Kier alpha value is -2.31. The predicted octanol–water partition coefficient (Wildman–Crippen LogP) is 8.51. The first-order chi connectivity index (χ1) is 21.2. The Morgan fingerprint density at radius 2 is 1.59 bits per heavy atom. The normalized spacial score (nSPS) is 17.5. The molecule has 2 N–H and O–H groups in total. The molecular formula is C37H63NO6Si2. The van der Waals surface area contributed by atoms with E-state index in [0.29, 0.717) is 12.8 Å². The smallest absolute Gasteiger partial charge is 0.303 e. The maximum absolute atomic E-state index is 13.4. The van der Waals surface area contributed by atoms with Crippen molar-refractivity contribution in [2.45, 2.75) is 123 Å². The zero-order chi connectivity index (χ0) is 35.3. The summed E-state index contributed by atoms with van der Waals surface area (Å²) < 4.78 is 18.7. The second kappa shape index (κ2) is 18.9. The van der Waals surface area contributed by atoms with Gasteiger partial charge in [0, 0.05) is 44.2 Å². The number of carbonyl (C=O) groups excluding carboxylic acids is 1. The zero-order valence-corrected chi connectivity index (χ0v) is 32.8. The molecule has 0 saturated heterocycles. The average Bonchev–Trinajstić information content (AvgIpc) is 2.94. The van der Waals surface area contributed by atoms with Gasteiger partial charge in [0.2, 0.25) is 5.91 Å². The predicted molar refractivity (Wildman–Crippen MR) is 197 cm³/mol. The number of nitrogens with one attached hydrogen (secondary N) is 1. The summed E-state index contributed by atoms with van der Waals surface area (Å²) in [5.41, 5.74) is 1.79. The minimum Gasteiger partial charge on any atom is -0.481 e. The lowest BCUT2D eigenvalue weighted by molar-refractivity contribution is -0.137. The molecule has 0 spiro atoms. The molecule has 9 heteroatoms. The lowest BCUT2D eigenvalue weighted by Gasteiger charge is -2.44. The number of methoxy groups -OCH3 is 2. The molecule has 0 fully saturated rings. The van der Waals surface area contributed by atoms with Gasteiger partial charge in [0.1, 0.15) is 0 Å². The van der Waals surface area contributed by atoms with Crippen molar-refractivity contribution in [3.05, 3.63) is 65.8 Å². The molecule has 0 bridgehead atoms. The average molecular weight is 674 g/mol. The number of benzene rings is 1.